The molecule has 1 saturated heterocycles. The number of rotatable bonds is 4. The summed E-state index contributed by atoms with van der Waals surface area (Å²) in [5.74, 6) is 0.166. The topological polar surface area (TPSA) is 62.3 Å². The number of sulfonamides is 1. The Hall–Kier alpha value is -1.36. The largest absolute Gasteiger partial charge is 0.417 e. The predicted octanol–water partition coefficient (Wildman–Crippen LogP) is 4.08. The van der Waals surface area contributed by atoms with E-state index in [0.717, 1.165) is 12.3 Å². The standard InChI is InChI=1S/C15H15ClF3N3O2S2/c16-12-8-10(15(17,18)19)9-20-14(12)21-11-3-5-22(6-4-11)26(23,24)13-2-1-7-25-13/h1-2,7-9,11H,3-6H2,(H,20,21). The number of halogens is 4. The van der Waals surface area contributed by atoms with E-state index in [9.17, 15) is 21.6 Å². The molecular formula is C15H15ClF3N3O2S2. The van der Waals surface area contributed by atoms with Gasteiger partial charge in [0.2, 0.25) is 0 Å². The van der Waals surface area contributed by atoms with E-state index in [-0.39, 0.29) is 16.9 Å². The van der Waals surface area contributed by atoms with Crippen molar-refractivity contribution in [2.75, 3.05) is 18.4 Å². The van der Waals surface area contributed by atoms with Crippen LogP contribution in [0.25, 0.3) is 0 Å². The number of piperidine rings is 1. The number of nitrogens with one attached hydrogen (secondary N) is 1. The van der Waals surface area contributed by atoms with Gasteiger partial charge in [-0.2, -0.15) is 17.5 Å². The summed E-state index contributed by atoms with van der Waals surface area (Å²) in [4.78, 5) is 3.75. The van der Waals surface area contributed by atoms with Crippen LogP contribution in [0.4, 0.5) is 19.0 Å². The van der Waals surface area contributed by atoms with Crippen LogP contribution in [0.5, 0.6) is 0 Å². The third-order valence-electron chi connectivity index (χ3n) is 4.05. The lowest BCUT2D eigenvalue weighted by atomic mass is 10.1. The minimum atomic E-state index is -4.50. The summed E-state index contributed by atoms with van der Waals surface area (Å²) >= 11 is 7.06. The summed E-state index contributed by atoms with van der Waals surface area (Å²) in [6.45, 7) is 0.631. The Labute approximate surface area is 157 Å². The van der Waals surface area contributed by atoms with Crippen molar-refractivity contribution in [3.8, 4) is 0 Å². The molecule has 0 aromatic carbocycles. The molecule has 0 radical (unpaired) electrons. The van der Waals surface area contributed by atoms with E-state index in [2.05, 4.69) is 10.3 Å². The average molecular weight is 426 g/mol. The maximum Gasteiger partial charge on any atom is 0.417 e. The summed E-state index contributed by atoms with van der Waals surface area (Å²) in [5, 5.41) is 4.60. The molecule has 0 saturated carbocycles. The number of anilines is 1. The van der Waals surface area contributed by atoms with Crippen molar-refractivity contribution in [3.63, 3.8) is 0 Å². The van der Waals surface area contributed by atoms with Crippen molar-refractivity contribution in [3.05, 3.63) is 40.4 Å². The Morgan fingerprint density at radius 3 is 2.54 bits per heavy atom. The van der Waals surface area contributed by atoms with E-state index in [1.54, 1.807) is 17.5 Å². The van der Waals surface area contributed by atoms with Crippen molar-refractivity contribution in [1.29, 1.82) is 0 Å². The Balaban J connectivity index is 1.63. The number of hydrogen-bond donors (Lipinski definition) is 1. The fourth-order valence-corrected chi connectivity index (χ4v) is 5.51. The first-order valence-electron chi connectivity index (χ1n) is 7.71. The third kappa shape index (κ3) is 4.13. The van der Waals surface area contributed by atoms with Crippen molar-refractivity contribution in [2.24, 2.45) is 0 Å². The monoisotopic (exact) mass is 425 g/mol. The van der Waals surface area contributed by atoms with E-state index >= 15 is 0 Å². The molecule has 0 aliphatic carbocycles. The first-order valence-corrected chi connectivity index (χ1v) is 10.4. The summed E-state index contributed by atoms with van der Waals surface area (Å²) in [6, 6.07) is 3.96. The molecular weight excluding hydrogens is 411 g/mol. The fraction of sp³-hybridized carbons (Fsp3) is 0.400. The van der Waals surface area contributed by atoms with Gasteiger partial charge in [0.05, 0.1) is 10.6 Å². The van der Waals surface area contributed by atoms with Crippen LogP contribution in [0.1, 0.15) is 18.4 Å². The molecule has 1 aliphatic rings. The van der Waals surface area contributed by atoms with Crippen molar-refractivity contribution < 1.29 is 21.6 Å². The second-order valence-corrected chi connectivity index (χ2v) is 9.33. The molecule has 0 atom stereocenters. The molecule has 2 aromatic rings. The van der Waals surface area contributed by atoms with Gasteiger partial charge < -0.3 is 5.32 Å². The fourth-order valence-electron chi connectivity index (χ4n) is 2.67. The second kappa shape index (κ2) is 7.34. The maximum atomic E-state index is 12.6. The van der Waals surface area contributed by atoms with E-state index in [1.807, 2.05) is 0 Å². The number of pyridine rings is 1. The van der Waals surface area contributed by atoms with Crippen LogP contribution in [0, 0.1) is 0 Å². The van der Waals surface area contributed by atoms with Gasteiger partial charge in [-0.3, -0.25) is 0 Å². The minimum absolute atomic E-state index is 0.117. The summed E-state index contributed by atoms with van der Waals surface area (Å²) in [5.41, 5.74) is -0.912. The van der Waals surface area contributed by atoms with Gasteiger partial charge in [-0.05, 0) is 30.4 Å². The van der Waals surface area contributed by atoms with E-state index in [4.69, 9.17) is 11.6 Å². The summed E-state index contributed by atoms with van der Waals surface area (Å²) in [7, 11) is -3.49. The molecule has 5 nitrogen and oxygen atoms in total. The molecule has 0 spiro atoms. The lowest BCUT2D eigenvalue weighted by Crippen LogP contribution is -2.42. The number of hydrogen-bond acceptors (Lipinski definition) is 5. The molecule has 2 aromatic heterocycles. The number of aromatic nitrogens is 1. The summed E-state index contributed by atoms with van der Waals surface area (Å²) < 4.78 is 64.6. The maximum absolute atomic E-state index is 12.6. The Bertz CT molecular complexity index is 865. The predicted molar refractivity (Wildman–Crippen MR) is 94.0 cm³/mol. The molecule has 1 N–H and O–H groups in total. The smallest absolute Gasteiger partial charge is 0.366 e. The zero-order valence-electron chi connectivity index (χ0n) is 13.3. The second-order valence-electron chi connectivity index (χ2n) is 5.81. The molecule has 3 rings (SSSR count). The highest BCUT2D eigenvalue weighted by Crippen LogP contribution is 2.33. The van der Waals surface area contributed by atoms with Crippen molar-refractivity contribution in [1.82, 2.24) is 9.29 Å². The number of thiophene rings is 1. The molecule has 142 valence electrons. The van der Waals surface area contributed by atoms with Gasteiger partial charge in [0.1, 0.15) is 10.0 Å². The third-order valence-corrected chi connectivity index (χ3v) is 7.61. The van der Waals surface area contributed by atoms with E-state index in [1.165, 1.54) is 15.6 Å². The average Bonchev–Trinajstić information content (AvgIpc) is 3.11. The van der Waals surface area contributed by atoms with Crippen LogP contribution in [-0.2, 0) is 16.2 Å². The normalized spacial score (nSPS) is 17.4. The van der Waals surface area contributed by atoms with Crippen LogP contribution >= 0.6 is 22.9 Å². The highest BCUT2D eigenvalue weighted by Gasteiger charge is 2.33. The van der Waals surface area contributed by atoms with Gasteiger partial charge in [0.25, 0.3) is 10.0 Å². The zero-order chi connectivity index (χ0) is 18.9. The van der Waals surface area contributed by atoms with Gasteiger partial charge >= 0.3 is 6.18 Å². The molecule has 0 bridgehead atoms. The highest BCUT2D eigenvalue weighted by atomic mass is 35.5. The minimum Gasteiger partial charge on any atom is -0.366 e. The molecule has 1 aliphatic heterocycles. The van der Waals surface area contributed by atoms with Crippen molar-refractivity contribution >= 4 is 38.8 Å². The van der Waals surface area contributed by atoms with Crippen molar-refractivity contribution in [2.45, 2.75) is 29.3 Å². The van der Waals surface area contributed by atoms with E-state index < -0.39 is 21.8 Å². The van der Waals surface area contributed by atoms with Crippen LogP contribution in [0.2, 0.25) is 5.02 Å². The van der Waals surface area contributed by atoms with Crippen LogP contribution in [-0.4, -0.2) is 36.8 Å². The van der Waals surface area contributed by atoms with Gasteiger partial charge in [0.15, 0.2) is 0 Å². The summed E-state index contributed by atoms with van der Waals surface area (Å²) in [6.07, 6.45) is -2.77. The number of nitrogens with zero attached hydrogens (tertiary/aromatic N) is 2. The first-order chi connectivity index (χ1) is 12.2. The van der Waals surface area contributed by atoms with Gasteiger partial charge in [-0.15, -0.1) is 11.3 Å². The molecule has 0 unspecified atom stereocenters. The number of alkyl halides is 3. The first kappa shape index (κ1) is 19.4. The van der Waals surface area contributed by atoms with Crippen LogP contribution < -0.4 is 5.32 Å². The Kier molecular flexibility index (Phi) is 5.48. The lowest BCUT2D eigenvalue weighted by Gasteiger charge is -2.31. The quantitative estimate of drug-likeness (QED) is 0.801. The molecule has 3 heterocycles. The molecule has 0 amide bonds. The molecule has 26 heavy (non-hydrogen) atoms. The van der Waals surface area contributed by atoms with Gasteiger partial charge in [0, 0.05) is 25.3 Å². The van der Waals surface area contributed by atoms with Crippen LogP contribution in [0.3, 0.4) is 0 Å². The Morgan fingerprint density at radius 1 is 1.31 bits per heavy atom. The van der Waals surface area contributed by atoms with Gasteiger partial charge in [-0.25, -0.2) is 13.4 Å². The van der Waals surface area contributed by atoms with E-state index in [0.29, 0.717) is 30.1 Å². The van der Waals surface area contributed by atoms with Gasteiger partial charge in [-0.1, -0.05) is 17.7 Å². The highest BCUT2D eigenvalue weighted by molar-refractivity contribution is 7.91. The SMILES string of the molecule is O=S(=O)(c1cccs1)N1CCC(Nc2ncc(C(F)(F)F)cc2Cl)CC1. The lowest BCUT2D eigenvalue weighted by molar-refractivity contribution is -0.137. The van der Waals surface area contributed by atoms with Crippen LogP contribution in [0.15, 0.2) is 34.0 Å². The zero-order valence-corrected chi connectivity index (χ0v) is 15.7. The molecule has 1 fully saturated rings. The molecule has 11 heteroatoms. The Morgan fingerprint density at radius 2 is 2.00 bits per heavy atom.